The quantitative estimate of drug-likeness (QED) is 0.328. The Morgan fingerprint density at radius 2 is 2.00 bits per heavy atom. The summed E-state index contributed by atoms with van der Waals surface area (Å²) in [5, 5.41) is 20.7. The number of nitrogens with zero attached hydrogens (tertiary/aromatic N) is 5. The predicted octanol–water partition coefficient (Wildman–Crippen LogP) is 2.23. The van der Waals surface area contributed by atoms with Crippen molar-refractivity contribution in [2.45, 2.75) is 65.3 Å². The van der Waals surface area contributed by atoms with E-state index in [0.717, 1.165) is 54.9 Å². The van der Waals surface area contributed by atoms with E-state index in [0.29, 0.717) is 32.1 Å². The first-order valence-corrected chi connectivity index (χ1v) is 14.4. The molecule has 0 saturated carbocycles. The van der Waals surface area contributed by atoms with Crippen molar-refractivity contribution in [3.05, 3.63) is 64.4 Å². The third-order valence-corrected chi connectivity index (χ3v) is 8.11. The van der Waals surface area contributed by atoms with Crippen molar-refractivity contribution in [3.8, 4) is 5.75 Å². The number of β-amino-alcohol motifs (C(OH)–C–C–N with tert-alkyl or cyclic N) is 1. The largest absolute Gasteiger partial charge is 0.488 e. The van der Waals surface area contributed by atoms with Crippen molar-refractivity contribution in [2.24, 2.45) is 0 Å². The third kappa shape index (κ3) is 7.24. The number of aliphatic hydroxyl groups is 1. The van der Waals surface area contributed by atoms with Crippen molar-refractivity contribution >= 4 is 17.6 Å². The minimum Gasteiger partial charge on any atom is -0.488 e. The van der Waals surface area contributed by atoms with Crippen molar-refractivity contribution < 1.29 is 24.0 Å². The number of anilines is 1. The summed E-state index contributed by atoms with van der Waals surface area (Å²) in [5.74, 6) is 1.15. The Bertz CT molecular complexity index is 1400. The SMILES string of the molecule is CC(=O)N1CCC(Nc2cc(C(=O)NC[C@H](O)CN3CCc4c(ccc(OCc5conc5C)c4C)C3)ncn2)CC1. The minimum atomic E-state index is -0.725. The lowest BCUT2D eigenvalue weighted by Crippen LogP contribution is -2.42. The maximum atomic E-state index is 12.8. The highest BCUT2D eigenvalue weighted by Crippen LogP contribution is 2.30. The number of hydrogen-bond acceptors (Lipinski definition) is 10. The Labute approximate surface area is 245 Å². The molecule has 3 aromatic rings. The number of piperidine rings is 1. The molecule has 2 amide bonds. The summed E-state index contributed by atoms with van der Waals surface area (Å²) in [5.41, 5.74) is 5.63. The van der Waals surface area contributed by atoms with E-state index in [1.54, 1.807) is 19.3 Å². The van der Waals surface area contributed by atoms with Crippen LogP contribution in [0.1, 0.15) is 58.2 Å². The van der Waals surface area contributed by atoms with Crippen LogP contribution in [0.5, 0.6) is 5.75 Å². The monoisotopic (exact) mass is 577 g/mol. The van der Waals surface area contributed by atoms with Gasteiger partial charge in [-0.1, -0.05) is 11.2 Å². The molecular weight excluding hydrogens is 538 g/mol. The number of benzene rings is 1. The summed E-state index contributed by atoms with van der Waals surface area (Å²) in [6, 6.07) is 5.88. The molecule has 2 aliphatic heterocycles. The highest BCUT2D eigenvalue weighted by molar-refractivity contribution is 5.92. The number of carbonyl (C=O) groups is 2. The van der Waals surface area contributed by atoms with Crippen LogP contribution in [-0.4, -0.2) is 86.7 Å². The summed E-state index contributed by atoms with van der Waals surface area (Å²) in [7, 11) is 0. The van der Waals surface area contributed by atoms with Crippen molar-refractivity contribution in [3.63, 3.8) is 0 Å². The van der Waals surface area contributed by atoms with E-state index >= 15 is 0 Å². The van der Waals surface area contributed by atoms with Crippen LogP contribution in [0.15, 0.2) is 35.3 Å². The lowest BCUT2D eigenvalue weighted by Gasteiger charge is -2.32. The van der Waals surface area contributed by atoms with Crippen molar-refractivity contribution in [2.75, 3.05) is 38.0 Å². The third-order valence-electron chi connectivity index (χ3n) is 8.11. The molecule has 1 saturated heterocycles. The number of amides is 2. The first-order chi connectivity index (χ1) is 20.3. The van der Waals surface area contributed by atoms with E-state index < -0.39 is 6.10 Å². The Hall–Kier alpha value is -4.03. The second-order valence-electron chi connectivity index (χ2n) is 11.1. The van der Waals surface area contributed by atoms with E-state index in [-0.39, 0.29) is 30.1 Å². The average Bonchev–Trinajstić information content (AvgIpc) is 3.40. The number of aromatic nitrogens is 3. The Morgan fingerprint density at radius 3 is 2.74 bits per heavy atom. The Morgan fingerprint density at radius 1 is 1.19 bits per heavy atom. The smallest absolute Gasteiger partial charge is 0.270 e. The topological polar surface area (TPSA) is 146 Å². The number of hydrogen-bond donors (Lipinski definition) is 3. The highest BCUT2D eigenvalue weighted by atomic mass is 16.5. The summed E-state index contributed by atoms with van der Waals surface area (Å²) in [4.78, 5) is 36.7. The fourth-order valence-corrected chi connectivity index (χ4v) is 5.57. The van der Waals surface area contributed by atoms with Gasteiger partial charge in [0.1, 0.15) is 36.5 Å². The van der Waals surface area contributed by atoms with Crippen LogP contribution < -0.4 is 15.4 Å². The van der Waals surface area contributed by atoms with E-state index in [2.05, 4.69) is 43.6 Å². The molecule has 1 fully saturated rings. The minimum absolute atomic E-state index is 0.0898. The van der Waals surface area contributed by atoms with Gasteiger partial charge in [0.25, 0.3) is 5.91 Å². The van der Waals surface area contributed by atoms with Gasteiger partial charge in [0.2, 0.25) is 5.91 Å². The normalized spacial score (nSPS) is 16.5. The number of nitrogens with one attached hydrogen (secondary N) is 2. The summed E-state index contributed by atoms with van der Waals surface area (Å²) in [6.07, 6.45) is 4.73. The van der Waals surface area contributed by atoms with Crippen LogP contribution in [0, 0.1) is 13.8 Å². The van der Waals surface area contributed by atoms with Gasteiger partial charge >= 0.3 is 0 Å². The van der Waals surface area contributed by atoms with Gasteiger partial charge in [-0.3, -0.25) is 14.5 Å². The molecule has 0 unspecified atom stereocenters. The molecular formula is C30H39N7O5. The van der Waals surface area contributed by atoms with Gasteiger partial charge in [0.05, 0.1) is 17.4 Å². The molecule has 224 valence electrons. The number of aryl methyl sites for hydroxylation is 1. The number of fused-ring (bicyclic) bond motifs is 1. The number of likely N-dealkylation sites (tertiary alicyclic amines) is 1. The zero-order valence-electron chi connectivity index (χ0n) is 24.4. The molecule has 0 spiro atoms. The molecule has 2 aromatic heterocycles. The van der Waals surface area contributed by atoms with E-state index in [1.165, 1.54) is 17.5 Å². The Kier molecular flexibility index (Phi) is 9.33. The maximum absolute atomic E-state index is 12.8. The number of rotatable bonds is 10. The molecule has 1 aromatic carbocycles. The first-order valence-electron chi connectivity index (χ1n) is 14.4. The molecule has 0 aliphatic carbocycles. The number of ether oxygens (including phenoxy) is 1. The van der Waals surface area contributed by atoms with Crippen LogP contribution >= 0.6 is 0 Å². The maximum Gasteiger partial charge on any atom is 0.270 e. The van der Waals surface area contributed by atoms with E-state index in [1.807, 2.05) is 17.9 Å². The fraction of sp³-hybridized carbons (Fsp3) is 0.500. The van der Waals surface area contributed by atoms with Gasteiger partial charge in [-0.15, -0.1) is 0 Å². The second kappa shape index (κ2) is 13.3. The zero-order valence-corrected chi connectivity index (χ0v) is 24.4. The van der Waals surface area contributed by atoms with Crippen molar-refractivity contribution in [1.82, 2.24) is 30.2 Å². The van der Waals surface area contributed by atoms with E-state index in [4.69, 9.17) is 9.26 Å². The zero-order chi connectivity index (χ0) is 29.6. The molecule has 0 bridgehead atoms. The van der Waals surface area contributed by atoms with Crippen LogP contribution in [0.4, 0.5) is 5.82 Å². The van der Waals surface area contributed by atoms with Crippen LogP contribution in [0.2, 0.25) is 0 Å². The van der Waals surface area contributed by atoms with Gasteiger partial charge in [0, 0.05) is 58.3 Å². The molecule has 12 heteroatoms. The summed E-state index contributed by atoms with van der Waals surface area (Å²) in [6.45, 7) is 9.46. The molecule has 4 heterocycles. The molecule has 3 N–H and O–H groups in total. The van der Waals surface area contributed by atoms with Crippen LogP contribution in [0.25, 0.3) is 0 Å². The van der Waals surface area contributed by atoms with Crippen LogP contribution in [0.3, 0.4) is 0 Å². The first kappa shape index (κ1) is 29.5. The molecule has 12 nitrogen and oxygen atoms in total. The summed E-state index contributed by atoms with van der Waals surface area (Å²) >= 11 is 0. The van der Waals surface area contributed by atoms with Gasteiger partial charge < -0.3 is 29.9 Å². The standard InChI is InChI=1S/C30H39N7O5/c1-19-26-8-9-36(14-22(26)4-5-28(19)41-16-23-17-42-35-20(23)2)15-25(39)13-31-30(40)27-12-29(33-18-32-27)34-24-6-10-37(11-7-24)21(3)38/h4-5,12,17-18,24-25,39H,6-11,13-16H2,1-3H3,(H,31,40)(H,32,33,34)/t25-/m0/s1. The molecule has 5 rings (SSSR count). The highest BCUT2D eigenvalue weighted by Gasteiger charge is 2.23. The lowest BCUT2D eigenvalue weighted by molar-refractivity contribution is -0.129. The van der Waals surface area contributed by atoms with Gasteiger partial charge in [-0.25, -0.2) is 9.97 Å². The molecule has 0 radical (unpaired) electrons. The molecule has 1 atom stereocenters. The molecule has 2 aliphatic rings. The average molecular weight is 578 g/mol. The van der Waals surface area contributed by atoms with E-state index in [9.17, 15) is 14.7 Å². The number of carbonyl (C=O) groups excluding carboxylic acids is 2. The van der Waals surface area contributed by atoms with Crippen LogP contribution in [-0.2, 0) is 24.4 Å². The fourth-order valence-electron chi connectivity index (χ4n) is 5.57. The lowest BCUT2D eigenvalue weighted by atomic mass is 9.94. The Balaban J connectivity index is 1.08. The van der Waals surface area contributed by atoms with Gasteiger partial charge in [-0.2, -0.15) is 0 Å². The number of aliphatic hydroxyl groups excluding tert-OH is 1. The van der Waals surface area contributed by atoms with Gasteiger partial charge in [0.15, 0.2) is 0 Å². The molecule has 42 heavy (non-hydrogen) atoms. The summed E-state index contributed by atoms with van der Waals surface area (Å²) < 4.78 is 11.0. The second-order valence-corrected chi connectivity index (χ2v) is 11.1. The van der Waals surface area contributed by atoms with Gasteiger partial charge in [-0.05, 0) is 55.9 Å². The predicted molar refractivity (Wildman–Crippen MR) is 155 cm³/mol. The van der Waals surface area contributed by atoms with Crippen molar-refractivity contribution in [1.29, 1.82) is 0 Å².